The zero-order valence-corrected chi connectivity index (χ0v) is 12.1. The first-order valence-corrected chi connectivity index (χ1v) is 7.13. The molecule has 98 valence electrons. The minimum atomic E-state index is 0.312. The van der Waals surface area contributed by atoms with Gasteiger partial charge in [0.25, 0.3) is 0 Å². The monoisotopic (exact) mass is 300 g/mol. The molecule has 0 aliphatic heterocycles. The number of aromatic nitrogens is 3. The molecule has 0 fully saturated rings. The quantitative estimate of drug-likeness (QED) is 0.722. The highest BCUT2D eigenvalue weighted by molar-refractivity contribution is 7.13. The van der Waals surface area contributed by atoms with E-state index >= 15 is 0 Å². The van der Waals surface area contributed by atoms with Crippen LogP contribution in [0, 0.1) is 18.3 Å². The van der Waals surface area contributed by atoms with E-state index in [0.717, 1.165) is 16.1 Å². The number of halogens is 1. The summed E-state index contributed by atoms with van der Waals surface area (Å²) < 4.78 is 1.67. The van der Waals surface area contributed by atoms with Gasteiger partial charge < -0.3 is 0 Å². The molecule has 1 aromatic carbocycles. The second kappa shape index (κ2) is 5.08. The van der Waals surface area contributed by atoms with E-state index in [1.807, 2.05) is 42.6 Å². The molecule has 2 heterocycles. The zero-order valence-electron chi connectivity index (χ0n) is 10.5. The van der Waals surface area contributed by atoms with E-state index in [4.69, 9.17) is 11.6 Å². The number of hydrogen-bond acceptors (Lipinski definition) is 4. The SMILES string of the molecule is Cc1c(Cl)cccc1-n1nnc(C#N)c1-c1cccs1. The summed E-state index contributed by atoms with van der Waals surface area (Å²) in [5.41, 5.74) is 2.75. The molecule has 0 unspecified atom stereocenters. The molecule has 0 aliphatic carbocycles. The molecule has 3 rings (SSSR count). The van der Waals surface area contributed by atoms with Crippen LogP contribution in [0.5, 0.6) is 0 Å². The lowest BCUT2D eigenvalue weighted by Gasteiger charge is -2.09. The number of hydrogen-bond donors (Lipinski definition) is 0. The van der Waals surface area contributed by atoms with Crippen molar-refractivity contribution in [2.45, 2.75) is 6.92 Å². The Labute approximate surface area is 124 Å². The Morgan fingerprint density at radius 1 is 1.30 bits per heavy atom. The maximum atomic E-state index is 9.21. The molecule has 2 aromatic heterocycles. The molecule has 0 bridgehead atoms. The molecule has 0 N–H and O–H groups in total. The highest BCUT2D eigenvalue weighted by Gasteiger charge is 2.18. The minimum absolute atomic E-state index is 0.312. The third-order valence-electron chi connectivity index (χ3n) is 3.00. The van der Waals surface area contributed by atoms with Crippen LogP contribution in [0.25, 0.3) is 16.3 Å². The normalized spacial score (nSPS) is 10.4. The highest BCUT2D eigenvalue weighted by Crippen LogP contribution is 2.31. The molecule has 4 nitrogen and oxygen atoms in total. The Bertz CT molecular complexity index is 799. The molecule has 0 saturated carbocycles. The average Bonchev–Trinajstić information content (AvgIpc) is 3.09. The van der Waals surface area contributed by atoms with Crippen LogP contribution in [-0.4, -0.2) is 15.0 Å². The molecule has 0 atom stereocenters. The lowest BCUT2D eigenvalue weighted by atomic mass is 10.2. The van der Waals surface area contributed by atoms with Gasteiger partial charge >= 0.3 is 0 Å². The second-order valence-electron chi connectivity index (χ2n) is 4.17. The van der Waals surface area contributed by atoms with Gasteiger partial charge in [-0.1, -0.05) is 28.9 Å². The van der Waals surface area contributed by atoms with E-state index in [1.165, 1.54) is 0 Å². The summed E-state index contributed by atoms with van der Waals surface area (Å²) >= 11 is 7.70. The van der Waals surface area contributed by atoms with E-state index in [2.05, 4.69) is 16.4 Å². The van der Waals surface area contributed by atoms with Crippen LogP contribution in [0.2, 0.25) is 5.02 Å². The standard InChI is InChI=1S/C14H9ClN4S/c1-9-10(15)4-2-5-12(9)19-14(11(8-16)17-18-19)13-6-3-7-20-13/h2-7H,1H3. The van der Waals surface area contributed by atoms with Crippen molar-refractivity contribution in [2.24, 2.45) is 0 Å². The molecule has 0 radical (unpaired) electrons. The van der Waals surface area contributed by atoms with Gasteiger partial charge in [-0.15, -0.1) is 16.4 Å². The van der Waals surface area contributed by atoms with Crippen molar-refractivity contribution < 1.29 is 0 Å². The molecule has 0 aliphatic rings. The van der Waals surface area contributed by atoms with Gasteiger partial charge in [0, 0.05) is 5.02 Å². The van der Waals surface area contributed by atoms with Crippen LogP contribution in [-0.2, 0) is 0 Å². The molecule has 0 spiro atoms. The van der Waals surface area contributed by atoms with Gasteiger partial charge in [0.15, 0.2) is 5.69 Å². The largest absolute Gasteiger partial charge is 0.210 e. The van der Waals surface area contributed by atoms with E-state index < -0.39 is 0 Å². The molecule has 6 heteroatoms. The molecule has 3 aromatic rings. The van der Waals surface area contributed by atoms with Crippen LogP contribution in [0.4, 0.5) is 0 Å². The Morgan fingerprint density at radius 2 is 2.15 bits per heavy atom. The summed E-state index contributed by atoms with van der Waals surface area (Å²) in [6, 6.07) is 11.6. The summed E-state index contributed by atoms with van der Waals surface area (Å²) in [7, 11) is 0. The first-order valence-electron chi connectivity index (χ1n) is 5.87. The molecule has 0 amide bonds. The minimum Gasteiger partial charge on any atom is -0.210 e. The molecular formula is C14H9ClN4S. The number of rotatable bonds is 2. The topological polar surface area (TPSA) is 54.5 Å². The first kappa shape index (κ1) is 12.9. The summed E-state index contributed by atoms with van der Waals surface area (Å²) in [5.74, 6) is 0. The average molecular weight is 301 g/mol. The smallest absolute Gasteiger partial charge is 0.191 e. The summed E-state index contributed by atoms with van der Waals surface area (Å²) in [6.07, 6.45) is 0. The predicted octanol–water partition coefficient (Wildman–Crippen LogP) is 3.83. The predicted molar refractivity (Wildman–Crippen MR) is 79.1 cm³/mol. The van der Waals surface area contributed by atoms with Gasteiger partial charge in [-0.05, 0) is 36.1 Å². The maximum absolute atomic E-state index is 9.21. The van der Waals surface area contributed by atoms with Crippen LogP contribution in [0.3, 0.4) is 0 Å². The van der Waals surface area contributed by atoms with Crippen molar-refractivity contribution in [3.8, 4) is 22.3 Å². The van der Waals surface area contributed by atoms with Gasteiger partial charge in [-0.2, -0.15) is 5.26 Å². The van der Waals surface area contributed by atoms with Crippen LogP contribution in [0.15, 0.2) is 35.7 Å². The lowest BCUT2D eigenvalue weighted by Crippen LogP contribution is -2.01. The van der Waals surface area contributed by atoms with Gasteiger partial charge in [0.1, 0.15) is 11.8 Å². The summed E-state index contributed by atoms with van der Waals surface area (Å²) in [4.78, 5) is 0.950. The Balaban J connectivity index is 2.29. The number of nitrogens with zero attached hydrogens (tertiary/aromatic N) is 4. The summed E-state index contributed by atoms with van der Waals surface area (Å²) in [6.45, 7) is 1.92. The number of nitriles is 1. The number of benzene rings is 1. The van der Waals surface area contributed by atoms with Crippen molar-refractivity contribution in [2.75, 3.05) is 0 Å². The third kappa shape index (κ3) is 1.99. The van der Waals surface area contributed by atoms with Crippen molar-refractivity contribution in [1.29, 1.82) is 5.26 Å². The van der Waals surface area contributed by atoms with E-state index in [9.17, 15) is 5.26 Å². The fourth-order valence-corrected chi connectivity index (χ4v) is 2.91. The first-order chi connectivity index (χ1) is 9.72. The molecular weight excluding hydrogens is 292 g/mol. The molecule has 20 heavy (non-hydrogen) atoms. The maximum Gasteiger partial charge on any atom is 0.191 e. The fraction of sp³-hybridized carbons (Fsp3) is 0.0714. The zero-order chi connectivity index (χ0) is 14.1. The van der Waals surface area contributed by atoms with Crippen LogP contribution >= 0.6 is 22.9 Å². The fourth-order valence-electron chi connectivity index (χ4n) is 1.99. The van der Waals surface area contributed by atoms with Gasteiger partial charge in [-0.3, -0.25) is 0 Å². The van der Waals surface area contributed by atoms with Gasteiger partial charge in [0.2, 0.25) is 0 Å². The van der Waals surface area contributed by atoms with Gasteiger partial charge in [-0.25, -0.2) is 4.68 Å². The van der Waals surface area contributed by atoms with Crippen molar-refractivity contribution in [1.82, 2.24) is 15.0 Å². The van der Waals surface area contributed by atoms with Crippen LogP contribution < -0.4 is 0 Å². The highest BCUT2D eigenvalue weighted by atomic mass is 35.5. The van der Waals surface area contributed by atoms with E-state index in [0.29, 0.717) is 16.4 Å². The third-order valence-corrected chi connectivity index (χ3v) is 4.28. The van der Waals surface area contributed by atoms with Gasteiger partial charge in [0.05, 0.1) is 10.6 Å². The van der Waals surface area contributed by atoms with E-state index in [-0.39, 0.29) is 0 Å². The lowest BCUT2D eigenvalue weighted by molar-refractivity contribution is 0.803. The molecule has 0 saturated heterocycles. The number of thiophene rings is 1. The van der Waals surface area contributed by atoms with Crippen molar-refractivity contribution in [3.05, 3.63) is 52.0 Å². The van der Waals surface area contributed by atoms with Crippen molar-refractivity contribution >= 4 is 22.9 Å². The summed E-state index contributed by atoms with van der Waals surface area (Å²) in [5, 5.41) is 19.9. The van der Waals surface area contributed by atoms with E-state index in [1.54, 1.807) is 16.0 Å². The Hall–Kier alpha value is -2.16. The van der Waals surface area contributed by atoms with Crippen LogP contribution in [0.1, 0.15) is 11.3 Å². The second-order valence-corrected chi connectivity index (χ2v) is 5.53. The Kier molecular flexibility index (Phi) is 3.26. The Morgan fingerprint density at radius 3 is 2.85 bits per heavy atom. The van der Waals surface area contributed by atoms with Crippen molar-refractivity contribution in [3.63, 3.8) is 0 Å².